The number of rotatable bonds is 2. The van der Waals surface area contributed by atoms with Crippen LogP contribution in [0.2, 0.25) is 0 Å². The number of hydrogen-bond donors (Lipinski definition) is 0. The first kappa shape index (κ1) is 18.1. The van der Waals surface area contributed by atoms with E-state index in [1.807, 2.05) is 19.1 Å². The van der Waals surface area contributed by atoms with Crippen LogP contribution >= 0.6 is 0 Å². The number of methoxy groups -OCH3 is 1. The lowest BCUT2D eigenvalue weighted by molar-refractivity contribution is -0.283. The molecule has 0 saturated carbocycles. The molecule has 4 nitrogen and oxygen atoms in total. The number of carbonyl (C=O) groups is 1. The van der Waals surface area contributed by atoms with Gasteiger partial charge in [0.15, 0.2) is 5.79 Å². The van der Waals surface area contributed by atoms with Crippen LogP contribution in [-0.2, 0) is 25.4 Å². The summed E-state index contributed by atoms with van der Waals surface area (Å²) in [5.41, 5.74) is 6.08. The Morgan fingerprint density at radius 2 is 1.34 bits per heavy atom. The van der Waals surface area contributed by atoms with E-state index in [2.05, 4.69) is 48.5 Å². The highest BCUT2D eigenvalue weighted by Crippen LogP contribution is 2.52. The van der Waals surface area contributed by atoms with Crippen LogP contribution in [0.15, 0.2) is 72.8 Å². The lowest BCUT2D eigenvalue weighted by atomic mass is 9.78. The summed E-state index contributed by atoms with van der Waals surface area (Å²) in [5, 5.41) is 0. The number of esters is 1. The zero-order chi connectivity index (χ0) is 20.1. The first-order chi connectivity index (χ1) is 14.1. The zero-order valence-electron chi connectivity index (χ0n) is 16.5. The predicted molar refractivity (Wildman–Crippen MR) is 110 cm³/mol. The molecule has 3 aromatic carbocycles. The van der Waals surface area contributed by atoms with Crippen molar-refractivity contribution in [3.63, 3.8) is 0 Å². The van der Waals surface area contributed by atoms with Gasteiger partial charge in [0.2, 0.25) is 0 Å². The smallest absolute Gasteiger partial charge is 0.337 e. The highest BCUT2D eigenvalue weighted by Gasteiger charge is 2.50. The van der Waals surface area contributed by atoms with Gasteiger partial charge in [0.25, 0.3) is 0 Å². The summed E-state index contributed by atoms with van der Waals surface area (Å²) in [5.74, 6) is -1.22. The molecule has 0 amide bonds. The summed E-state index contributed by atoms with van der Waals surface area (Å²) in [4.78, 5) is 11.7. The van der Waals surface area contributed by atoms with Crippen molar-refractivity contribution in [3.8, 4) is 11.1 Å². The largest absolute Gasteiger partial charge is 0.465 e. The fourth-order valence-electron chi connectivity index (χ4n) is 4.53. The fourth-order valence-corrected chi connectivity index (χ4v) is 4.53. The first-order valence-corrected chi connectivity index (χ1v) is 9.74. The van der Waals surface area contributed by atoms with E-state index in [0.29, 0.717) is 18.8 Å². The molecule has 0 N–H and O–H groups in total. The SMILES string of the molecule is COC(=O)c1ccc(C2(C)OCC3(CO2)c2ccccc2-c2ccccc23)cc1. The number of fused-ring (bicyclic) bond motifs is 5. The van der Waals surface area contributed by atoms with E-state index in [9.17, 15) is 4.79 Å². The van der Waals surface area contributed by atoms with Gasteiger partial charge in [-0.3, -0.25) is 0 Å². The van der Waals surface area contributed by atoms with E-state index in [-0.39, 0.29) is 11.4 Å². The molecule has 146 valence electrons. The first-order valence-electron chi connectivity index (χ1n) is 9.74. The molecule has 1 aliphatic carbocycles. The third kappa shape index (κ3) is 2.64. The Morgan fingerprint density at radius 1 is 0.828 bits per heavy atom. The second-order valence-corrected chi connectivity index (χ2v) is 7.77. The molecule has 5 rings (SSSR count). The van der Waals surface area contributed by atoms with Crippen molar-refractivity contribution in [2.75, 3.05) is 20.3 Å². The summed E-state index contributed by atoms with van der Waals surface area (Å²) in [6.45, 7) is 2.98. The maximum Gasteiger partial charge on any atom is 0.337 e. The van der Waals surface area contributed by atoms with Crippen LogP contribution in [0.4, 0.5) is 0 Å². The molecule has 1 fully saturated rings. The van der Waals surface area contributed by atoms with Crippen LogP contribution in [-0.4, -0.2) is 26.3 Å². The summed E-state index contributed by atoms with van der Waals surface area (Å²) >= 11 is 0. The Morgan fingerprint density at radius 3 is 1.86 bits per heavy atom. The Hall–Kier alpha value is -2.95. The van der Waals surface area contributed by atoms with Crippen molar-refractivity contribution in [1.29, 1.82) is 0 Å². The van der Waals surface area contributed by atoms with Crippen LogP contribution in [0.3, 0.4) is 0 Å². The average molecular weight is 386 g/mol. The van der Waals surface area contributed by atoms with Gasteiger partial charge in [-0.15, -0.1) is 0 Å². The normalized spacial score (nSPS) is 18.1. The van der Waals surface area contributed by atoms with Crippen molar-refractivity contribution < 1.29 is 19.0 Å². The van der Waals surface area contributed by atoms with Gasteiger partial charge in [-0.05, 0) is 41.3 Å². The van der Waals surface area contributed by atoms with Gasteiger partial charge in [0, 0.05) is 5.56 Å². The monoisotopic (exact) mass is 386 g/mol. The van der Waals surface area contributed by atoms with Gasteiger partial charge in [-0.1, -0.05) is 60.7 Å². The van der Waals surface area contributed by atoms with E-state index in [1.54, 1.807) is 12.1 Å². The lowest BCUT2D eigenvalue weighted by Crippen LogP contribution is -2.48. The Kier molecular flexibility index (Phi) is 4.09. The third-order valence-corrected chi connectivity index (χ3v) is 6.19. The van der Waals surface area contributed by atoms with Gasteiger partial charge >= 0.3 is 5.97 Å². The minimum atomic E-state index is -0.869. The van der Waals surface area contributed by atoms with Crippen molar-refractivity contribution in [1.82, 2.24) is 0 Å². The quantitative estimate of drug-likeness (QED) is 0.601. The molecule has 0 radical (unpaired) electrons. The molecular formula is C25H22O4. The Bertz CT molecular complexity index is 1030. The summed E-state index contributed by atoms with van der Waals surface area (Å²) in [7, 11) is 1.38. The van der Waals surface area contributed by atoms with Crippen LogP contribution in [0, 0.1) is 0 Å². The number of hydrogen-bond acceptors (Lipinski definition) is 4. The molecule has 2 aliphatic rings. The van der Waals surface area contributed by atoms with Gasteiger partial charge < -0.3 is 14.2 Å². The van der Waals surface area contributed by atoms with Gasteiger partial charge in [-0.25, -0.2) is 4.79 Å². The highest BCUT2D eigenvalue weighted by atomic mass is 16.7. The molecule has 1 saturated heterocycles. The molecule has 0 unspecified atom stereocenters. The summed E-state index contributed by atoms with van der Waals surface area (Å²) in [6.07, 6.45) is 0. The van der Waals surface area contributed by atoms with Crippen molar-refractivity contribution >= 4 is 5.97 Å². The number of benzene rings is 3. The Labute approximate surface area is 170 Å². The summed E-state index contributed by atoms with van der Waals surface area (Å²) in [6, 6.07) is 24.2. The van der Waals surface area contributed by atoms with Crippen LogP contribution in [0.25, 0.3) is 11.1 Å². The molecule has 4 heteroatoms. The van der Waals surface area contributed by atoms with E-state index in [1.165, 1.54) is 29.4 Å². The second-order valence-electron chi connectivity index (χ2n) is 7.77. The van der Waals surface area contributed by atoms with Crippen LogP contribution in [0.1, 0.15) is 34.0 Å². The van der Waals surface area contributed by atoms with Crippen LogP contribution < -0.4 is 0 Å². The molecule has 0 atom stereocenters. The highest BCUT2D eigenvalue weighted by molar-refractivity contribution is 5.89. The molecule has 0 bridgehead atoms. The van der Waals surface area contributed by atoms with Crippen LogP contribution in [0.5, 0.6) is 0 Å². The van der Waals surface area contributed by atoms with Gasteiger partial charge in [0.05, 0.1) is 31.3 Å². The molecule has 1 aliphatic heterocycles. The molecule has 1 heterocycles. The molecule has 1 spiro atoms. The Balaban J connectivity index is 1.48. The van der Waals surface area contributed by atoms with Crippen molar-refractivity contribution in [2.45, 2.75) is 18.1 Å². The van der Waals surface area contributed by atoms with E-state index >= 15 is 0 Å². The third-order valence-electron chi connectivity index (χ3n) is 6.19. The maximum atomic E-state index is 11.7. The molecular weight excluding hydrogens is 364 g/mol. The van der Waals surface area contributed by atoms with Gasteiger partial charge in [-0.2, -0.15) is 0 Å². The topological polar surface area (TPSA) is 44.8 Å². The standard InChI is InChI=1S/C25H22O4/c1-24(18-13-11-17(12-14-18)23(26)27-2)28-15-25(16-29-24)21-9-5-3-7-19(21)20-8-4-6-10-22(20)25/h3-14H,15-16H2,1-2H3. The lowest BCUT2D eigenvalue weighted by Gasteiger charge is -2.44. The molecule has 29 heavy (non-hydrogen) atoms. The fraction of sp³-hybridized carbons (Fsp3) is 0.240. The molecule has 0 aromatic heterocycles. The minimum Gasteiger partial charge on any atom is -0.465 e. The molecule has 3 aromatic rings. The predicted octanol–water partition coefficient (Wildman–Crippen LogP) is 4.66. The van der Waals surface area contributed by atoms with E-state index < -0.39 is 5.79 Å². The average Bonchev–Trinajstić information content (AvgIpc) is 3.06. The van der Waals surface area contributed by atoms with E-state index in [0.717, 1.165) is 5.56 Å². The number of ether oxygens (including phenoxy) is 3. The van der Waals surface area contributed by atoms with E-state index in [4.69, 9.17) is 14.2 Å². The number of carbonyl (C=O) groups excluding carboxylic acids is 1. The van der Waals surface area contributed by atoms with Crippen molar-refractivity contribution in [2.24, 2.45) is 0 Å². The van der Waals surface area contributed by atoms with Crippen molar-refractivity contribution in [3.05, 3.63) is 95.1 Å². The maximum absolute atomic E-state index is 11.7. The summed E-state index contributed by atoms with van der Waals surface area (Å²) < 4.78 is 17.6. The minimum absolute atomic E-state index is 0.307. The zero-order valence-corrected chi connectivity index (χ0v) is 16.5. The second kappa shape index (κ2) is 6.55. The van der Waals surface area contributed by atoms with Gasteiger partial charge in [0.1, 0.15) is 0 Å².